The molecular formula is C28H22N2O4. The first-order valence-electron chi connectivity index (χ1n) is 10.8. The van der Waals surface area contributed by atoms with E-state index >= 15 is 0 Å². The summed E-state index contributed by atoms with van der Waals surface area (Å²) in [6.07, 6.45) is 3.08. The highest BCUT2D eigenvalue weighted by Gasteiger charge is 2.15. The number of furan rings is 2. The van der Waals surface area contributed by atoms with E-state index in [1.807, 2.05) is 60.7 Å². The first-order valence-corrected chi connectivity index (χ1v) is 10.8. The third kappa shape index (κ3) is 3.97. The van der Waals surface area contributed by atoms with Crippen LogP contribution in [-0.2, 0) is 0 Å². The van der Waals surface area contributed by atoms with Gasteiger partial charge in [-0.25, -0.2) is 0 Å². The van der Waals surface area contributed by atoms with Crippen LogP contribution in [0.2, 0.25) is 0 Å². The van der Waals surface area contributed by atoms with Crippen LogP contribution in [0.3, 0.4) is 0 Å². The number of rotatable bonds is 4. The monoisotopic (exact) mass is 450 g/mol. The molecule has 168 valence electrons. The second kappa shape index (κ2) is 8.75. The summed E-state index contributed by atoms with van der Waals surface area (Å²) in [6, 6.07) is 23.7. The molecule has 0 aliphatic rings. The molecule has 6 heteroatoms. The zero-order valence-electron chi connectivity index (χ0n) is 18.7. The molecule has 6 nitrogen and oxygen atoms in total. The Morgan fingerprint density at radius 2 is 1.03 bits per heavy atom. The molecule has 0 saturated carbocycles. The van der Waals surface area contributed by atoms with Gasteiger partial charge in [-0.3, -0.25) is 9.59 Å². The van der Waals surface area contributed by atoms with Crippen molar-refractivity contribution in [1.82, 2.24) is 9.97 Å². The fraction of sp³-hybridized carbons (Fsp3) is 0.0714. The quantitative estimate of drug-likeness (QED) is 0.276. The number of carbonyl (C=O) groups is 2. The number of benzene rings is 2. The molecule has 0 spiro atoms. The number of fused-ring (bicyclic) bond motifs is 2. The lowest BCUT2D eigenvalue weighted by Crippen LogP contribution is -1.91. The summed E-state index contributed by atoms with van der Waals surface area (Å²) in [5.41, 5.74) is 5.55. The predicted octanol–water partition coefficient (Wildman–Crippen LogP) is 7.26. The minimum Gasteiger partial charge on any atom is -0.461 e. The third-order valence-electron chi connectivity index (χ3n) is 5.61. The highest BCUT2D eigenvalue weighted by molar-refractivity contribution is 6.00. The van der Waals surface area contributed by atoms with Crippen LogP contribution in [0.15, 0.2) is 94.2 Å². The van der Waals surface area contributed by atoms with Gasteiger partial charge in [-0.05, 0) is 36.4 Å². The van der Waals surface area contributed by atoms with E-state index in [1.54, 1.807) is 12.1 Å². The summed E-state index contributed by atoms with van der Waals surface area (Å²) >= 11 is 0. The van der Waals surface area contributed by atoms with Crippen molar-refractivity contribution in [1.29, 1.82) is 0 Å². The molecule has 0 fully saturated rings. The topological polar surface area (TPSA) is 92.0 Å². The van der Waals surface area contributed by atoms with Gasteiger partial charge >= 0.3 is 0 Å². The number of hydrogen-bond acceptors (Lipinski definition) is 4. The number of aromatic amines is 2. The largest absolute Gasteiger partial charge is 0.461 e. The molecular weight excluding hydrogens is 428 g/mol. The van der Waals surface area contributed by atoms with Crippen molar-refractivity contribution in [2.45, 2.75) is 13.8 Å². The van der Waals surface area contributed by atoms with Crippen LogP contribution in [0.1, 0.15) is 35.0 Å². The number of aromatic nitrogens is 2. The van der Waals surface area contributed by atoms with Crippen LogP contribution in [0.5, 0.6) is 0 Å². The number of hydrogen-bond donors (Lipinski definition) is 2. The van der Waals surface area contributed by atoms with Crippen molar-refractivity contribution in [2.24, 2.45) is 0 Å². The molecule has 0 aliphatic carbocycles. The average Bonchev–Trinajstić information content (AvgIpc) is 3.62. The normalized spacial score (nSPS) is 10.9. The SMILES string of the molecule is CC(=O)c1occc1-c1cc2ccccc2[nH]1.CC(=O)c1occc1-c1cc2ccccc2[nH]1. The van der Waals surface area contributed by atoms with Crippen LogP contribution >= 0.6 is 0 Å². The third-order valence-corrected chi connectivity index (χ3v) is 5.61. The van der Waals surface area contributed by atoms with Gasteiger partial charge in [0, 0.05) is 46.8 Å². The maximum Gasteiger partial charge on any atom is 0.195 e. The molecule has 34 heavy (non-hydrogen) atoms. The van der Waals surface area contributed by atoms with Gasteiger partial charge in [-0.2, -0.15) is 0 Å². The van der Waals surface area contributed by atoms with E-state index in [2.05, 4.69) is 9.97 Å². The smallest absolute Gasteiger partial charge is 0.195 e. The van der Waals surface area contributed by atoms with E-state index in [9.17, 15) is 9.59 Å². The first kappa shape index (κ1) is 21.3. The molecule has 4 aromatic heterocycles. The fourth-order valence-corrected chi connectivity index (χ4v) is 4.02. The number of Topliss-reactive ketones (excluding diaryl/α,β-unsaturated/α-hetero) is 2. The van der Waals surface area contributed by atoms with E-state index in [0.29, 0.717) is 11.5 Å². The fourth-order valence-electron chi connectivity index (χ4n) is 4.02. The summed E-state index contributed by atoms with van der Waals surface area (Å²) < 4.78 is 10.4. The van der Waals surface area contributed by atoms with Crippen molar-refractivity contribution >= 4 is 33.4 Å². The molecule has 0 radical (unpaired) electrons. The first-order chi connectivity index (χ1) is 16.5. The van der Waals surface area contributed by atoms with E-state index in [0.717, 1.165) is 44.3 Å². The number of H-pyrrole nitrogens is 2. The Labute approximate surface area is 195 Å². The Morgan fingerprint density at radius 1 is 0.618 bits per heavy atom. The van der Waals surface area contributed by atoms with Crippen LogP contribution < -0.4 is 0 Å². The zero-order valence-corrected chi connectivity index (χ0v) is 18.7. The Morgan fingerprint density at radius 3 is 1.41 bits per heavy atom. The molecule has 6 aromatic rings. The Hall–Kier alpha value is -4.58. The van der Waals surface area contributed by atoms with Crippen molar-refractivity contribution in [2.75, 3.05) is 0 Å². The summed E-state index contributed by atoms with van der Waals surface area (Å²) in [5.74, 6) is 0.667. The van der Waals surface area contributed by atoms with Gasteiger partial charge in [-0.1, -0.05) is 36.4 Å². The molecule has 6 rings (SSSR count). The Bertz CT molecular complexity index is 1440. The summed E-state index contributed by atoms with van der Waals surface area (Å²) in [4.78, 5) is 29.4. The van der Waals surface area contributed by atoms with Crippen molar-refractivity contribution in [3.8, 4) is 22.5 Å². The highest BCUT2D eigenvalue weighted by atomic mass is 16.3. The minimum atomic E-state index is -0.0661. The predicted molar refractivity (Wildman–Crippen MR) is 132 cm³/mol. The number of nitrogens with one attached hydrogen (secondary N) is 2. The van der Waals surface area contributed by atoms with E-state index < -0.39 is 0 Å². The van der Waals surface area contributed by atoms with Gasteiger partial charge in [0.15, 0.2) is 23.1 Å². The lowest BCUT2D eigenvalue weighted by molar-refractivity contribution is 0.0980. The standard InChI is InChI=1S/2C14H11NO2/c2*1-9(16)14-11(6-7-17-14)13-8-10-4-2-3-5-12(10)15-13/h2*2-8,15H,1H3. The van der Waals surface area contributed by atoms with Crippen molar-refractivity contribution in [3.05, 3.63) is 96.8 Å². The Kier molecular flexibility index (Phi) is 5.47. The number of ketones is 2. The van der Waals surface area contributed by atoms with Crippen molar-refractivity contribution in [3.63, 3.8) is 0 Å². The van der Waals surface area contributed by atoms with E-state index in [-0.39, 0.29) is 11.6 Å². The zero-order chi connectivity index (χ0) is 23.7. The minimum absolute atomic E-state index is 0.0661. The highest BCUT2D eigenvalue weighted by Crippen LogP contribution is 2.29. The van der Waals surface area contributed by atoms with E-state index in [1.165, 1.54) is 26.4 Å². The van der Waals surface area contributed by atoms with Crippen LogP contribution in [-0.4, -0.2) is 21.5 Å². The van der Waals surface area contributed by atoms with Crippen LogP contribution in [0, 0.1) is 0 Å². The van der Waals surface area contributed by atoms with Crippen molar-refractivity contribution < 1.29 is 18.4 Å². The second-order valence-corrected chi connectivity index (χ2v) is 7.98. The molecule has 2 aromatic carbocycles. The van der Waals surface area contributed by atoms with Gasteiger partial charge in [0.2, 0.25) is 0 Å². The molecule has 0 saturated heterocycles. The lowest BCUT2D eigenvalue weighted by atomic mass is 10.1. The molecule has 0 amide bonds. The summed E-state index contributed by atoms with van der Waals surface area (Å²) in [7, 11) is 0. The lowest BCUT2D eigenvalue weighted by Gasteiger charge is -1.95. The van der Waals surface area contributed by atoms with Gasteiger partial charge in [-0.15, -0.1) is 0 Å². The molecule has 2 N–H and O–H groups in total. The second-order valence-electron chi connectivity index (χ2n) is 7.98. The van der Waals surface area contributed by atoms with Gasteiger partial charge in [0.25, 0.3) is 0 Å². The number of carbonyl (C=O) groups excluding carboxylic acids is 2. The molecule has 4 heterocycles. The van der Waals surface area contributed by atoms with Crippen LogP contribution in [0.25, 0.3) is 44.3 Å². The molecule has 0 atom stereocenters. The van der Waals surface area contributed by atoms with Gasteiger partial charge < -0.3 is 18.8 Å². The average molecular weight is 450 g/mol. The number of para-hydroxylation sites is 2. The molecule has 0 aliphatic heterocycles. The van der Waals surface area contributed by atoms with Gasteiger partial charge in [0.05, 0.1) is 23.9 Å². The van der Waals surface area contributed by atoms with Gasteiger partial charge in [0.1, 0.15) is 0 Å². The maximum atomic E-state index is 11.4. The Balaban J connectivity index is 0.000000142. The molecule has 0 bridgehead atoms. The summed E-state index contributed by atoms with van der Waals surface area (Å²) in [5, 5.41) is 2.25. The maximum absolute atomic E-state index is 11.4. The van der Waals surface area contributed by atoms with Crippen LogP contribution in [0.4, 0.5) is 0 Å². The molecule has 0 unspecified atom stereocenters. The summed E-state index contributed by atoms with van der Waals surface area (Å²) in [6.45, 7) is 3.01. The van der Waals surface area contributed by atoms with E-state index in [4.69, 9.17) is 8.83 Å².